The van der Waals surface area contributed by atoms with Crippen molar-refractivity contribution in [2.75, 3.05) is 13.2 Å². The van der Waals surface area contributed by atoms with E-state index in [1.165, 1.54) is 0 Å². The quantitative estimate of drug-likeness (QED) is 0.836. The average Bonchev–Trinajstić information content (AvgIpc) is 3.24. The first-order valence-corrected chi connectivity index (χ1v) is 9.35. The molecule has 26 heavy (non-hydrogen) atoms. The molecule has 0 spiro atoms. The van der Waals surface area contributed by atoms with Crippen LogP contribution in [0.4, 0.5) is 0 Å². The fourth-order valence-electron chi connectivity index (χ4n) is 4.51. The smallest absolute Gasteiger partial charge is 0.222 e. The first-order valence-electron chi connectivity index (χ1n) is 9.35. The summed E-state index contributed by atoms with van der Waals surface area (Å²) in [4.78, 5) is 0. The van der Waals surface area contributed by atoms with Gasteiger partial charge in [0, 0.05) is 11.1 Å². The Bertz CT molecular complexity index is 820. The van der Waals surface area contributed by atoms with Gasteiger partial charge in [-0.15, -0.1) is 0 Å². The van der Waals surface area contributed by atoms with Gasteiger partial charge < -0.3 is 14.6 Å². The molecule has 4 rings (SSSR count). The van der Waals surface area contributed by atoms with E-state index in [1.807, 2.05) is 61.5 Å². The lowest BCUT2D eigenvalue weighted by molar-refractivity contribution is -0.132. The minimum Gasteiger partial charge on any atom is -0.380 e. The van der Waals surface area contributed by atoms with E-state index in [0.29, 0.717) is 19.1 Å². The molecule has 0 aromatic heterocycles. The van der Waals surface area contributed by atoms with Gasteiger partial charge in [-0.05, 0) is 29.9 Å². The molecular weight excluding hydrogens is 324 g/mol. The summed E-state index contributed by atoms with van der Waals surface area (Å²) in [6, 6.07) is 18.0. The van der Waals surface area contributed by atoms with Crippen molar-refractivity contribution in [3.63, 3.8) is 0 Å². The van der Waals surface area contributed by atoms with Gasteiger partial charge in [0.25, 0.3) is 0 Å². The molecule has 0 saturated carbocycles. The second-order valence-corrected chi connectivity index (χ2v) is 7.49. The van der Waals surface area contributed by atoms with Gasteiger partial charge in [-0.1, -0.05) is 74.5 Å². The van der Waals surface area contributed by atoms with Gasteiger partial charge in [0.1, 0.15) is 5.60 Å². The summed E-state index contributed by atoms with van der Waals surface area (Å²) in [5.41, 5.74) is 2.68. The summed E-state index contributed by atoms with van der Waals surface area (Å²) in [6.07, 6.45) is 2.17. The SMILES string of the molecule is CC1=CC(C)C(C)C1(O)c1ccccc1C1(c2ccccc2)OCCO1. The van der Waals surface area contributed by atoms with E-state index in [2.05, 4.69) is 19.9 Å². The molecule has 0 bridgehead atoms. The number of aliphatic hydroxyl groups is 1. The van der Waals surface area contributed by atoms with Crippen molar-refractivity contribution in [2.45, 2.75) is 32.2 Å². The first kappa shape index (κ1) is 17.5. The number of hydrogen-bond acceptors (Lipinski definition) is 3. The Morgan fingerprint density at radius 2 is 1.46 bits per heavy atom. The van der Waals surface area contributed by atoms with Crippen molar-refractivity contribution in [2.24, 2.45) is 11.8 Å². The van der Waals surface area contributed by atoms with Crippen LogP contribution in [-0.2, 0) is 20.9 Å². The number of rotatable bonds is 3. The summed E-state index contributed by atoms with van der Waals surface area (Å²) in [5, 5.41) is 11.8. The molecule has 1 aliphatic carbocycles. The normalized spacial score (nSPS) is 30.4. The maximum Gasteiger partial charge on any atom is 0.222 e. The molecule has 1 saturated heterocycles. The highest BCUT2D eigenvalue weighted by atomic mass is 16.7. The predicted octanol–water partition coefficient (Wildman–Crippen LogP) is 4.35. The lowest BCUT2D eigenvalue weighted by Crippen LogP contribution is -2.38. The van der Waals surface area contributed by atoms with Gasteiger partial charge in [0.15, 0.2) is 0 Å². The monoisotopic (exact) mass is 350 g/mol. The summed E-state index contributed by atoms with van der Waals surface area (Å²) in [6.45, 7) is 7.34. The minimum absolute atomic E-state index is 0.0814. The van der Waals surface area contributed by atoms with E-state index < -0.39 is 11.4 Å². The Hall–Kier alpha value is -1.94. The van der Waals surface area contributed by atoms with E-state index in [0.717, 1.165) is 22.3 Å². The van der Waals surface area contributed by atoms with Crippen LogP contribution in [0, 0.1) is 11.8 Å². The number of allylic oxidation sites excluding steroid dienone is 1. The zero-order valence-electron chi connectivity index (χ0n) is 15.6. The molecule has 3 unspecified atom stereocenters. The molecule has 2 aromatic rings. The van der Waals surface area contributed by atoms with Crippen LogP contribution >= 0.6 is 0 Å². The molecule has 1 fully saturated rings. The standard InChI is InChI=1S/C23H26O3/c1-16-15-17(2)22(24,18(16)3)20-11-7-8-12-21(20)23(25-13-14-26-23)19-9-5-4-6-10-19/h4-12,15-16,18,24H,13-14H2,1-3H3. The Balaban J connectivity index is 1.93. The third kappa shape index (κ3) is 2.38. The van der Waals surface area contributed by atoms with Gasteiger partial charge >= 0.3 is 0 Å². The lowest BCUT2D eigenvalue weighted by Gasteiger charge is -2.38. The topological polar surface area (TPSA) is 38.7 Å². The summed E-state index contributed by atoms with van der Waals surface area (Å²) >= 11 is 0. The maximum absolute atomic E-state index is 11.8. The fourth-order valence-corrected chi connectivity index (χ4v) is 4.51. The highest BCUT2D eigenvalue weighted by Gasteiger charge is 2.50. The zero-order valence-corrected chi connectivity index (χ0v) is 15.6. The maximum atomic E-state index is 11.8. The van der Waals surface area contributed by atoms with Crippen LogP contribution in [0.15, 0.2) is 66.2 Å². The van der Waals surface area contributed by atoms with Crippen molar-refractivity contribution in [3.05, 3.63) is 82.9 Å². The molecule has 2 aliphatic rings. The third-order valence-corrected chi connectivity index (χ3v) is 6.10. The zero-order chi connectivity index (χ0) is 18.4. The van der Waals surface area contributed by atoms with Crippen LogP contribution in [0.25, 0.3) is 0 Å². The molecule has 1 aliphatic heterocycles. The van der Waals surface area contributed by atoms with Crippen LogP contribution in [0.1, 0.15) is 37.5 Å². The number of hydrogen-bond donors (Lipinski definition) is 1. The molecule has 2 aromatic carbocycles. The van der Waals surface area contributed by atoms with Crippen molar-refractivity contribution < 1.29 is 14.6 Å². The van der Waals surface area contributed by atoms with E-state index in [-0.39, 0.29) is 5.92 Å². The molecule has 1 N–H and O–H groups in total. The average molecular weight is 350 g/mol. The Morgan fingerprint density at radius 3 is 2.04 bits per heavy atom. The highest BCUT2D eigenvalue weighted by Crippen LogP contribution is 2.51. The number of ether oxygens (including phenoxy) is 2. The summed E-state index contributed by atoms with van der Waals surface area (Å²) in [5.74, 6) is -0.580. The first-order chi connectivity index (χ1) is 12.5. The van der Waals surface area contributed by atoms with Crippen molar-refractivity contribution in [1.82, 2.24) is 0 Å². The van der Waals surface area contributed by atoms with Gasteiger partial charge in [-0.3, -0.25) is 0 Å². The highest BCUT2D eigenvalue weighted by molar-refractivity contribution is 5.47. The lowest BCUT2D eigenvalue weighted by atomic mass is 9.75. The van der Waals surface area contributed by atoms with Crippen molar-refractivity contribution >= 4 is 0 Å². The van der Waals surface area contributed by atoms with Crippen LogP contribution in [-0.4, -0.2) is 18.3 Å². The Morgan fingerprint density at radius 1 is 0.885 bits per heavy atom. The fraction of sp³-hybridized carbons (Fsp3) is 0.391. The van der Waals surface area contributed by atoms with Gasteiger partial charge in [-0.25, -0.2) is 0 Å². The second-order valence-electron chi connectivity index (χ2n) is 7.49. The predicted molar refractivity (Wildman–Crippen MR) is 102 cm³/mol. The van der Waals surface area contributed by atoms with E-state index in [4.69, 9.17) is 9.47 Å². The van der Waals surface area contributed by atoms with E-state index in [1.54, 1.807) is 0 Å². The largest absolute Gasteiger partial charge is 0.380 e. The van der Waals surface area contributed by atoms with Crippen LogP contribution in [0.5, 0.6) is 0 Å². The van der Waals surface area contributed by atoms with Gasteiger partial charge in [0.05, 0.1) is 13.2 Å². The van der Waals surface area contributed by atoms with Crippen LogP contribution < -0.4 is 0 Å². The van der Waals surface area contributed by atoms with Gasteiger partial charge in [-0.2, -0.15) is 0 Å². The third-order valence-electron chi connectivity index (χ3n) is 6.10. The molecule has 1 heterocycles. The summed E-state index contributed by atoms with van der Waals surface area (Å²) < 4.78 is 12.4. The molecule has 0 amide bonds. The van der Waals surface area contributed by atoms with Crippen LogP contribution in [0.2, 0.25) is 0 Å². The van der Waals surface area contributed by atoms with Crippen molar-refractivity contribution in [3.8, 4) is 0 Å². The molecule has 3 nitrogen and oxygen atoms in total. The van der Waals surface area contributed by atoms with Crippen molar-refractivity contribution in [1.29, 1.82) is 0 Å². The Labute approximate surface area is 155 Å². The summed E-state index contributed by atoms with van der Waals surface area (Å²) in [7, 11) is 0. The Kier molecular flexibility index (Phi) is 4.26. The molecule has 3 atom stereocenters. The molecular formula is C23H26O3. The molecule has 0 radical (unpaired) electrons. The minimum atomic E-state index is -1.02. The van der Waals surface area contributed by atoms with Crippen LogP contribution in [0.3, 0.4) is 0 Å². The van der Waals surface area contributed by atoms with Gasteiger partial charge in [0.2, 0.25) is 5.79 Å². The van der Waals surface area contributed by atoms with E-state index >= 15 is 0 Å². The number of benzene rings is 2. The van der Waals surface area contributed by atoms with E-state index in [9.17, 15) is 5.11 Å². The molecule has 136 valence electrons. The molecule has 3 heteroatoms. The second kappa shape index (κ2) is 6.34.